The molecule has 4 N–H and O–H groups in total. The van der Waals surface area contributed by atoms with Crippen LogP contribution >= 0.6 is 15.9 Å². The first kappa shape index (κ1) is 8.99. The van der Waals surface area contributed by atoms with Crippen molar-refractivity contribution in [3.05, 3.63) is 34.1 Å². The molecule has 0 heterocycles. The predicted octanol–water partition coefficient (Wildman–Crippen LogP) is 1.17. The Morgan fingerprint density at radius 1 is 1.50 bits per heavy atom. The van der Waals surface area contributed by atoms with Gasteiger partial charge in [-0.25, -0.2) is 4.39 Å². The van der Waals surface area contributed by atoms with Gasteiger partial charge in [-0.05, 0) is 34.1 Å². The largest absolute Gasteiger partial charge is 0.382 e. The van der Waals surface area contributed by atoms with Crippen LogP contribution in [0.15, 0.2) is 27.8 Å². The first-order valence-corrected chi connectivity index (χ1v) is 3.93. The third-order valence-electron chi connectivity index (χ3n) is 1.35. The number of hydrogen-bond acceptors (Lipinski definition) is 2. The maximum absolute atomic E-state index is 12.9. The zero-order valence-electron chi connectivity index (χ0n) is 6.09. The Morgan fingerprint density at radius 2 is 2.17 bits per heavy atom. The molecule has 0 amide bonds. The third kappa shape index (κ3) is 1.73. The molecule has 0 aliphatic carbocycles. The monoisotopic (exact) mass is 231 g/mol. The van der Waals surface area contributed by atoms with Crippen molar-refractivity contribution in [1.82, 2.24) is 0 Å². The van der Waals surface area contributed by atoms with Gasteiger partial charge < -0.3 is 11.6 Å². The second-order valence-electron chi connectivity index (χ2n) is 2.14. The van der Waals surface area contributed by atoms with Gasteiger partial charge in [0.05, 0.1) is 4.47 Å². The second-order valence-corrected chi connectivity index (χ2v) is 3.00. The van der Waals surface area contributed by atoms with E-state index in [0.717, 1.165) is 0 Å². The maximum Gasteiger partial charge on any atom is 0.150 e. The number of benzene rings is 1. The molecule has 0 radical (unpaired) electrons. The molecule has 0 atom stereocenters. The standard InChI is InChI=1S/C7H7BrFN3/c8-5-2-1-4(3-6(5)9)7(10)12-11/h1-3H,11H2,(H2,10,12). The first-order chi connectivity index (χ1) is 5.65. The van der Waals surface area contributed by atoms with Gasteiger partial charge in [0.1, 0.15) is 11.7 Å². The number of nitrogens with two attached hydrogens (primary N) is 2. The fourth-order valence-electron chi connectivity index (χ4n) is 0.730. The van der Waals surface area contributed by atoms with Crippen LogP contribution in [-0.2, 0) is 0 Å². The average molecular weight is 232 g/mol. The van der Waals surface area contributed by atoms with E-state index in [1.54, 1.807) is 12.1 Å². The highest BCUT2D eigenvalue weighted by atomic mass is 79.9. The fourth-order valence-corrected chi connectivity index (χ4v) is 0.977. The van der Waals surface area contributed by atoms with Gasteiger partial charge in [0.25, 0.3) is 0 Å². The van der Waals surface area contributed by atoms with Crippen molar-refractivity contribution in [1.29, 1.82) is 0 Å². The molecular weight excluding hydrogens is 225 g/mol. The lowest BCUT2D eigenvalue weighted by molar-refractivity contribution is 0.621. The van der Waals surface area contributed by atoms with Crippen LogP contribution in [0.3, 0.4) is 0 Å². The van der Waals surface area contributed by atoms with Gasteiger partial charge in [-0.1, -0.05) is 0 Å². The lowest BCUT2D eigenvalue weighted by Crippen LogP contribution is -2.15. The van der Waals surface area contributed by atoms with Gasteiger partial charge in [-0.3, -0.25) is 0 Å². The van der Waals surface area contributed by atoms with E-state index >= 15 is 0 Å². The summed E-state index contributed by atoms with van der Waals surface area (Å²) < 4.78 is 13.3. The predicted molar refractivity (Wildman–Crippen MR) is 49.0 cm³/mol. The summed E-state index contributed by atoms with van der Waals surface area (Å²) in [5, 5.41) is 3.24. The summed E-state index contributed by atoms with van der Waals surface area (Å²) in [6.45, 7) is 0. The Bertz CT molecular complexity index is 324. The molecule has 0 fully saturated rings. The molecule has 1 aromatic carbocycles. The SMILES string of the molecule is N/N=C(/N)c1ccc(Br)c(F)c1. The Balaban J connectivity index is 3.13. The first-order valence-electron chi connectivity index (χ1n) is 3.14. The normalized spacial score (nSPS) is 11.7. The minimum Gasteiger partial charge on any atom is -0.382 e. The molecule has 0 bridgehead atoms. The molecule has 5 heteroatoms. The number of halogens is 2. The van der Waals surface area contributed by atoms with E-state index in [4.69, 9.17) is 11.6 Å². The van der Waals surface area contributed by atoms with Crippen LogP contribution in [0.4, 0.5) is 4.39 Å². The summed E-state index contributed by atoms with van der Waals surface area (Å²) in [4.78, 5) is 0. The van der Waals surface area contributed by atoms with Crippen molar-refractivity contribution >= 4 is 21.8 Å². The zero-order chi connectivity index (χ0) is 9.14. The Hall–Kier alpha value is -1.10. The van der Waals surface area contributed by atoms with Crippen molar-refractivity contribution < 1.29 is 4.39 Å². The van der Waals surface area contributed by atoms with Crippen LogP contribution in [-0.4, -0.2) is 5.84 Å². The Kier molecular flexibility index (Phi) is 2.65. The Morgan fingerprint density at radius 3 is 2.67 bits per heavy atom. The van der Waals surface area contributed by atoms with Gasteiger partial charge in [0, 0.05) is 5.56 Å². The average Bonchev–Trinajstić information content (AvgIpc) is 2.08. The van der Waals surface area contributed by atoms with Gasteiger partial charge in [-0.15, -0.1) is 0 Å². The fraction of sp³-hybridized carbons (Fsp3) is 0. The lowest BCUT2D eigenvalue weighted by Gasteiger charge is -1.99. The van der Waals surface area contributed by atoms with E-state index in [2.05, 4.69) is 21.0 Å². The third-order valence-corrected chi connectivity index (χ3v) is 2.00. The molecule has 0 spiro atoms. The van der Waals surface area contributed by atoms with E-state index in [0.29, 0.717) is 10.0 Å². The molecule has 0 aliphatic rings. The maximum atomic E-state index is 12.9. The topological polar surface area (TPSA) is 64.4 Å². The molecule has 1 aromatic rings. The number of hydrazone groups is 1. The van der Waals surface area contributed by atoms with Crippen LogP contribution in [0.1, 0.15) is 5.56 Å². The summed E-state index contributed by atoms with van der Waals surface area (Å²) in [5.41, 5.74) is 5.83. The molecule has 0 saturated heterocycles. The minimum atomic E-state index is -0.390. The molecule has 0 aliphatic heterocycles. The van der Waals surface area contributed by atoms with E-state index in [1.165, 1.54) is 6.07 Å². The lowest BCUT2D eigenvalue weighted by atomic mass is 10.2. The van der Waals surface area contributed by atoms with Crippen LogP contribution in [0.5, 0.6) is 0 Å². The summed E-state index contributed by atoms with van der Waals surface area (Å²) in [6.07, 6.45) is 0. The van der Waals surface area contributed by atoms with E-state index in [9.17, 15) is 4.39 Å². The quantitative estimate of drug-likeness (QED) is 0.330. The zero-order valence-corrected chi connectivity index (χ0v) is 7.68. The molecule has 1 rings (SSSR count). The van der Waals surface area contributed by atoms with Gasteiger partial charge >= 0.3 is 0 Å². The van der Waals surface area contributed by atoms with E-state index in [1.807, 2.05) is 0 Å². The highest BCUT2D eigenvalue weighted by Crippen LogP contribution is 2.15. The molecule has 0 saturated carbocycles. The van der Waals surface area contributed by atoms with Crippen molar-refractivity contribution in [2.24, 2.45) is 16.7 Å². The van der Waals surface area contributed by atoms with Gasteiger partial charge in [0.2, 0.25) is 0 Å². The second kappa shape index (κ2) is 3.53. The van der Waals surface area contributed by atoms with Crippen molar-refractivity contribution in [2.75, 3.05) is 0 Å². The molecular formula is C7H7BrFN3. The van der Waals surface area contributed by atoms with Crippen molar-refractivity contribution in [2.45, 2.75) is 0 Å². The van der Waals surface area contributed by atoms with Crippen molar-refractivity contribution in [3.8, 4) is 0 Å². The summed E-state index contributed by atoms with van der Waals surface area (Å²) in [6, 6.07) is 4.43. The molecule has 64 valence electrons. The summed E-state index contributed by atoms with van der Waals surface area (Å²) in [5.74, 6) is 4.64. The number of amidine groups is 1. The summed E-state index contributed by atoms with van der Waals surface area (Å²) >= 11 is 3.01. The number of rotatable bonds is 1. The number of nitrogens with zero attached hydrogens (tertiary/aromatic N) is 1. The van der Waals surface area contributed by atoms with Gasteiger partial charge in [-0.2, -0.15) is 5.10 Å². The Labute approximate surface area is 77.4 Å². The van der Waals surface area contributed by atoms with Crippen LogP contribution in [0, 0.1) is 5.82 Å². The summed E-state index contributed by atoms with van der Waals surface area (Å²) in [7, 11) is 0. The van der Waals surface area contributed by atoms with Crippen LogP contribution in [0.25, 0.3) is 0 Å². The molecule has 0 unspecified atom stereocenters. The number of hydrogen-bond donors (Lipinski definition) is 2. The van der Waals surface area contributed by atoms with Gasteiger partial charge in [0.15, 0.2) is 0 Å². The minimum absolute atomic E-state index is 0.112. The smallest absolute Gasteiger partial charge is 0.150 e. The van der Waals surface area contributed by atoms with Crippen molar-refractivity contribution in [3.63, 3.8) is 0 Å². The van der Waals surface area contributed by atoms with E-state index < -0.39 is 0 Å². The molecule has 12 heavy (non-hydrogen) atoms. The molecule has 0 aromatic heterocycles. The van der Waals surface area contributed by atoms with Crippen LogP contribution < -0.4 is 11.6 Å². The van der Waals surface area contributed by atoms with E-state index in [-0.39, 0.29) is 11.7 Å². The van der Waals surface area contributed by atoms with Crippen LogP contribution in [0.2, 0.25) is 0 Å². The molecule has 3 nitrogen and oxygen atoms in total. The highest BCUT2D eigenvalue weighted by molar-refractivity contribution is 9.10. The highest BCUT2D eigenvalue weighted by Gasteiger charge is 2.02.